The van der Waals surface area contributed by atoms with Crippen molar-refractivity contribution in [2.75, 3.05) is 13.2 Å². The first-order valence-corrected chi connectivity index (χ1v) is 14.9. The van der Waals surface area contributed by atoms with Gasteiger partial charge in [0.05, 0.1) is 5.92 Å². The van der Waals surface area contributed by atoms with Crippen LogP contribution in [0, 0.1) is 23.2 Å². The Balaban J connectivity index is 1.77. The monoisotopic (exact) mass is 564 g/mol. The van der Waals surface area contributed by atoms with E-state index in [4.69, 9.17) is 18.9 Å². The number of hydrogen-bond acceptors (Lipinski definition) is 7. The molecule has 1 aliphatic carbocycles. The van der Waals surface area contributed by atoms with Crippen LogP contribution in [-0.2, 0) is 38.9 Å². The first kappa shape index (κ1) is 30.9. The van der Waals surface area contributed by atoms with Gasteiger partial charge in [-0.2, -0.15) is 0 Å². The van der Waals surface area contributed by atoms with Gasteiger partial charge in [0, 0.05) is 24.5 Å². The molecule has 1 saturated carbocycles. The Morgan fingerprint density at radius 3 is 2.00 bits per heavy atom. The Bertz CT molecular complexity index is 1100. The zero-order valence-corrected chi connectivity index (χ0v) is 24.8. The van der Waals surface area contributed by atoms with Gasteiger partial charge in [-0.25, -0.2) is 4.79 Å². The molecule has 4 unspecified atom stereocenters. The third kappa shape index (κ3) is 7.63. The number of rotatable bonds is 9. The molecule has 0 N–H and O–H groups in total. The third-order valence-corrected chi connectivity index (χ3v) is 8.14. The molecule has 7 nitrogen and oxygen atoms in total. The molecule has 2 aliphatic rings. The molecule has 0 radical (unpaired) electrons. The van der Waals surface area contributed by atoms with Crippen molar-refractivity contribution in [1.82, 2.24) is 0 Å². The van der Waals surface area contributed by atoms with E-state index in [2.05, 4.69) is 6.92 Å². The molecule has 222 valence electrons. The number of carbonyl (C=O) groups excluding carboxylic acids is 3. The Hall–Kier alpha value is -3.03. The summed E-state index contributed by atoms with van der Waals surface area (Å²) in [6.07, 6.45) is 3.46. The Labute approximate surface area is 243 Å². The molecule has 0 bridgehead atoms. The first-order valence-electron chi connectivity index (χ1n) is 14.9. The molecule has 0 spiro atoms. The summed E-state index contributed by atoms with van der Waals surface area (Å²) < 4.78 is 24.7. The van der Waals surface area contributed by atoms with E-state index in [1.807, 2.05) is 81.4 Å². The van der Waals surface area contributed by atoms with Crippen LogP contribution in [0.1, 0.15) is 77.3 Å². The molecule has 4 rings (SSSR count). The average molecular weight is 565 g/mol. The Morgan fingerprint density at radius 2 is 1.46 bits per heavy atom. The van der Waals surface area contributed by atoms with E-state index in [-0.39, 0.29) is 17.8 Å². The van der Waals surface area contributed by atoms with E-state index >= 15 is 0 Å². The molecular weight excluding hydrogens is 520 g/mol. The minimum atomic E-state index is -1.72. The minimum absolute atomic E-state index is 0.163. The number of benzene rings is 2. The van der Waals surface area contributed by atoms with E-state index in [1.54, 1.807) is 0 Å². The van der Waals surface area contributed by atoms with Gasteiger partial charge in [0.1, 0.15) is 12.4 Å². The van der Waals surface area contributed by atoms with Gasteiger partial charge in [0.15, 0.2) is 0 Å². The van der Waals surface area contributed by atoms with Gasteiger partial charge in [-0.1, -0.05) is 88.4 Å². The van der Waals surface area contributed by atoms with Gasteiger partial charge in [-0.3, -0.25) is 4.79 Å². The highest BCUT2D eigenvalue weighted by Crippen LogP contribution is 2.41. The summed E-state index contributed by atoms with van der Waals surface area (Å²) in [5.41, 5.74) is -1.25. The van der Waals surface area contributed by atoms with Crippen molar-refractivity contribution in [3.63, 3.8) is 0 Å². The molecule has 0 aromatic heterocycles. The number of hydrogen-bond donors (Lipinski definition) is 0. The molecule has 2 fully saturated rings. The van der Waals surface area contributed by atoms with Crippen LogP contribution in [0.15, 0.2) is 60.7 Å². The van der Waals surface area contributed by atoms with Gasteiger partial charge in [-0.15, -0.1) is 0 Å². The Morgan fingerprint density at radius 1 is 0.878 bits per heavy atom. The fourth-order valence-electron chi connectivity index (χ4n) is 5.68. The van der Waals surface area contributed by atoms with Crippen LogP contribution in [0.4, 0.5) is 0 Å². The molecule has 1 aliphatic heterocycles. The maximum atomic E-state index is 14.6. The lowest BCUT2D eigenvalue weighted by Gasteiger charge is -2.41. The maximum absolute atomic E-state index is 14.6. The molecule has 2 aromatic carbocycles. The SMILES string of the molecule is CC1CCC(C=O)CC(OC(=O)C(OC(OC(=O)C2CCOCC2)C(C)(C)C)(c2ccccc2)c2ccccc2)C1. The highest BCUT2D eigenvalue weighted by Gasteiger charge is 2.51. The van der Waals surface area contributed by atoms with E-state index < -0.39 is 29.4 Å². The topological polar surface area (TPSA) is 88.1 Å². The first-order chi connectivity index (χ1) is 19.6. The Kier molecular flexibility index (Phi) is 10.4. The quantitative estimate of drug-likeness (QED) is 0.154. The van der Waals surface area contributed by atoms with E-state index in [0.29, 0.717) is 55.9 Å². The van der Waals surface area contributed by atoms with Crippen molar-refractivity contribution in [1.29, 1.82) is 0 Å². The van der Waals surface area contributed by atoms with E-state index in [1.165, 1.54) is 0 Å². The molecule has 1 saturated heterocycles. The molecular formula is C34H44O7. The largest absolute Gasteiger partial charge is 0.460 e. The second-order valence-corrected chi connectivity index (χ2v) is 12.6. The molecule has 41 heavy (non-hydrogen) atoms. The zero-order chi connectivity index (χ0) is 29.5. The van der Waals surface area contributed by atoms with Crippen LogP contribution in [0.25, 0.3) is 0 Å². The summed E-state index contributed by atoms with van der Waals surface area (Å²) in [7, 11) is 0. The lowest BCUT2D eigenvalue weighted by molar-refractivity contribution is -0.249. The van der Waals surface area contributed by atoms with Crippen LogP contribution in [0.5, 0.6) is 0 Å². The standard InChI is InChI=1S/C34H44O7/c1-24-15-16-25(23-35)22-29(21-24)39-31(37)34(27-11-7-5-8-12-27,28-13-9-6-10-14-28)41-32(33(2,3)4)40-30(36)26-17-19-38-20-18-26/h5-14,23-26,29,32H,15-22H2,1-4H3. The fourth-order valence-corrected chi connectivity index (χ4v) is 5.68. The highest BCUT2D eigenvalue weighted by atomic mass is 16.7. The number of aldehydes is 1. The lowest BCUT2D eigenvalue weighted by atomic mass is 9.84. The van der Waals surface area contributed by atoms with Crippen molar-refractivity contribution in [3.05, 3.63) is 71.8 Å². The molecule has 2 aromatic rings. The second-order valence-electron chi connectivity index (χ2n) is 12.6. The third-order valence-electron chi connectivity index (χ3n) is 8.14. The summed E-state index contributed by atoms with van der Waals surface area (Å²) in [5.74, 6) is -1.09. The van der Waals surface area contributed by atoms with Crippen LogP contribution in [0.2, 0.25) is 0 Å². The van der Waals surface area contributed by atoms with Gasteiger partial charge in [0.25, 0.3) is 0 Å². The fraction of sp³-hybridized carbons (Fsp3) is 0.559. The van der Waals surface area contributed by atoms with Crippen molar-refractivity contribution in [2.24, 2.45) is 23.2 Å². The normalized spacial score (nSPS) is 23.2. The average Bonchev–Trinajstić information content (AvgIpc) is 3.16. The minimum Gasteiger partial charge on any atom is -0.460 e. The van der Waals surface area contributed by atoms with Gasteiger partial charge in [0.2, 0.25) is 11.9 Å². The van der Waals surface area contributed by atoms with Gasteiger partial charge in [-0.05, 0) is 55.6 Å². The predicted molar refractivity (Wildman–Crippen MR) is 155 cm³/mol. The summed E-state index contributed by atoms with van der Waals surface area (Å²) >= 11 is 0. The molecule has 4 atom stereocenters. The summed E-state index contributed by atoms with van der Waals surface area (Å²) in [5, 5.41) is 0. The number of esters is 2. The van der Waals surface area contributed by atoms with Crippen LogP contribution in [-0.4, -0.2) is 43.8 Å². The van der Waals surface area contributed by atoms with Crippen LogP contribution >= 0.6 is 0 Å². The summed E-state index contributed by atoms with van der Waals surface area (Å²) in [6.45, 7) is 8.89. The van der Waals surface area contributed by atoms with E-state index in [0.717, 1.165) is 19.1 Å². The van der Waals surface area contributed by atoms with E-state index in [9.17, 15) is 14.4 Å². The highest BCUT2D eigenvalue weighted by molar-refractivity contribution is 5.86. The van der Waals surface area contributed by atoms with Crippen molar-refractivity contribution >= 4 is 18.2 Å². The lowest BCUT2D eigenvalue weighted by Crippen LogP contribution is -2.50. The molecule has 1 heterocycles. The molecule has 7 heteroatoms. The molecule has 0 amide bonds. The smallest absolute Gasteiger partial charge is 0.348 e. The second kappa shape index (κ2) is 13.8. The maximum Gasteiger partial charge on any atom is 0.348 e. The van der Waals surface area contributed by atoms with Gasteiger partial charge >= 0.3 is 11.9 Å². The van der Waals surface area contributed by atoms with Gasteiger partial charge < -0.3 is 23.7 Å². The van der Waals surface area contributed by atoms with Crippen LogP contribution < -0.4 is 0 Å². The zero-order valence-electron chi connectivity index (χ0n) is 24.8. The number of carbonyl (C=O) groups is 3. The summed E-state index contributed by atoms with van der Waals surface area (Å²) in [6, 6.07) is 18.5. The van der Waals surface area contributed by atoms with Crippen molar-refractivity contribution in [3.8, 4) is 0 Å². The number of ether oxygens (including phenoxy) is 4. The van der Waals surface area contributed by atoms with Crippen LogP contribution in [0.3, 0.4) is 0 Å². The van der Waals surface area contributed by atoms with Crippen molar-refractivity contribution < 1.29 is 33.3 Å². The van der Waals surface area contributed by atoms with Crippen molar-refractivity contribution in [2.45, 2.75) is 84.2 Å². The summed E-state index contributed by atoms with van der Waals surface area (Å²) in [4.78, 5) is 39.7. The predicted octanol–water partition coefficient (Wildman–Crippen LogP) is 6.23.